The Balaban J connectivity index is 2.33. The van der Waals surface area contributed by atoms with E-state index in [1.807, 2.05) is 0 Å². The monoisotopic (exact) mass is 342 g/mol. The van der Waals surface area contributed by atoms with E-state index in [4.69, 9.17) is 20.5 Å². The molecule has 132 valence electrons. The molecule has 0 radical (unpaired) electrons. The highest BCUT2D eigenvalue weighted by molar-refractivity contribution is 5.85. The van der Waals surface area contributed by atoms with Crippen LogP contribution in [0.25, 0.3) is 10.4 Å². The summed E-state index contributed by atoms with van der Waals surface area (Å²) in [5, 5.41) is 43.8. The standard InChI is InChI=1S/C13H18N4O7/c14-17-16-6-3-8(13(22)23)24-11(10(20)7(19)4-18)9(6)15-12(21)5-1-2-5/h3,5-7,9-11,18-20H,1-2,4H2,(H,15,21)(H,22,23)/t6-,7+,9+,10+,11+/m0/s1. The number of hydrogen-bond donors (Lipinski definition) is 5. The number of nitrogens with zero attached hydrogens (tertiary/aromatic N) is 3. The van der Waals surface area contributed by atoms with Crippen molar-refractivity contribution in [1.82, 2.24) is 5.32 Å². The first-order chi connectivity index (χ1) is 11.4. The average molecular weight is 342 g/mol. The van der Waals surface area contributed by atoms with Crippen LogP contribution in [0.3, 0.4) is 0 Å². The SMILES string of the molecule is [N-]=[N+]=N[C@H]1C=C(C(=O)O)O[C@@H]([C@H](O)[C@H](O)CO)[C@@H]1NC(=O)C1CC1. The molecule has 2 aliphatic rings. The predicted octanol–water partition coefficient (Wildman–Crippen LogP) is -1.36. The molecule has 24 heavy (non-hydrogen) atoms. The van der Waals surface area contributed by atoms with Crippen LogP contribution in [-0.4, -0.2) is 69.3 Å². The lowest BCUT2D eigenvalue weighted by molar-refractivity contribution is -0.146. The Morgan fingerprint density at radius 2 is 2.12 bits per heavy atom. The molecule has 5 N–H and O–H groups in total. The Hall–Kier alpha value is -2.33. The highest BCUT2D eigenvalue weighted by Crippen LogP contribution is 2.31. The second-order valence-electron chi connectivity index (χ2n) is 5.66. The van der Waals surface area contributed by atoms with Crippen LogP contribution in [0.15, 0.2) is 16.9 Å². The average Bonchev–Trinajstić information content (AvgIpc) is 3.39. The van der Waals surface area contributed by atoms with Crippen LogP contribution in [0.5, 0.6) is 0 Å². The number of carboxylic acid groups (broad SMARTS) is 1. The lowest BCUT2D eigenvalue weighted by Crippen LogP contribution is -2.59. The number of aliphatic carboxylic acids is 1. The second kappa shape index (κ2) is 7.49. The molecule has 2 rings (SSSR count). The Kier molecular flexibility index (Phi) is 5.62. The molecule has 0 aromatic rings. The van der Waals surface area contributed by atoms with Crippen LogP contribution >= 0.6 is 0 Å². The van der Waals surface area contributed by atoms with E-state index in [9.17, 15) is 19.8 Å². The highest BCUT2D eigenvalue weighted by atomic mass is 16.5. The molecular formula is C13H18N4O7. The topological polar surface area (TPSA) is 185 Å². The summed E-state index contributed by atoms with van der Waals surface area (Å²) in [7, 11) is 0. The van der Waals surface area contributed by atoms with Crippen LogP contribution in [0.1, 0.15) is 12.8 Å². The van der Waals surface area contributed by atoms with E-state index in [0.717, 1.165) is 6.08 Å². The van der Waals surface area contributed by atoms with E-state index in [2.05, 4.69) is 15.3 Å². The molecule has 11 nitrogen and oxygen atoms in total. The minimum absolute atomic E-state index is 0.192. The number of carbonyl (C=O) groups is 2. The van der Waals surface area contributed by atoms with E-state index in [1.54, 1.807) is 0 Å². The van der Waals surface area contributed by atoms with Gasteiger partial charge in [-0.05, 0) is 24.4 Å². The molecule has 1 amide bonds. The third-order valence-corrected chi connectivity index (χ3v) is 3.88. The quantitative estimate of drug-likeness (QED) is 0.215. The van der Waals surface area contributed by atoms with Crippen molar-refractivity contribution < 1.29 is 34.8 Å². The van der Waals surface area contributed by atoms with Crippen molar-refractivity contribution >= 4 is 11.9 Å². The number of aliphatic hydroxyl groups is 3. The van der Waals surface area contributed by atoms with Gasteiger partial charge in [-0.1, -0.05) is 5.11 Å². The molecule has 0 aromatic carbocycles. The molecule has 0 unspecified atom stereocenters. The number of nitrogens with one attached hydrogen (secondary N) is 1. The predicted molar refractivity (Wildman–Crippen MR) is 77.3 cm³/mol. The maximum atomic E-state index is 12.0. The first-order valence-electron chi connectivity index (χ1n) is 7.32. The van der Waals surface area contributed by atoms with Gasteiger partial charge in [0.15, 0.2) is 0 Å². The van der Waals surface area contributed by atoms with Gasteiger partial charge in [0.05, 0.1) is 18.7 Å². The maximum absolute atomic E-state index is 12.0. The number of hydrogen-bond acceptors (Lipinski definition) is 7. The maximum Gasteiger partial charge on any atom is 0.370 e. The Labute approximate surface area is 136 Å². The smallest absolute Gasteiger partial charge is 0.370 e. The number of aliphatic hydroxyl groups excluding tert-OH is 3. The van der Waals surface area contributed by atoms with E-state index in [0.29, 0.717) is 12.8 Å². The molecule has 1 saturated carbocycles. The van der Waals surface area contributed by atoms with Gasteiger partial charge < -0.3 is 30.5 Å². The summed E-state index contributed by atoms with van der Waals surface area (Å²) >= 11 is 0. The molecule has 0 spiro atoms. The van der Waals surface area contributed by atoms with Crippen molar-refractivity contribution in [3.8, 4) is 0 Å². The third kappa shape index (κ3) is 3.95. The van der Waals surface area contributed by atoms with Crippen molar-refractivity contribution in [3.05, 3.63) is 22.3 Å². The zero-order chi connectivity index (χ0) is 17.9. The fourth-order valence-electron chi connectivity index (χ4n) is 2.40. The third-order valence-electron chi connectivity index (χ3n) is 3.88. The van der Waals surface area contributed by atoms with Gasteiger partial charge >= 0.3 is 5.97 Å². The molecule has 0 bridgehead atoms. The van der Waals surface area contributed by atoms with Crippen LogP contribution in [0.4, 0.5) is 0 Å². The number of azide groups is 1. The van der Waals surface area contributed by atoms with E-state index in [-0.39, 0.29) is 11.8 Å². The molecule has 1 fully saturated rings. The van der Waals surface area contributed by atoms with Crippen molar-refractivity contribution in [2.45, 2.75) is 43.2 Å². The summed E-state index contributed by atoms with van der Waals surface area (Å²) in [5.74, 6) is -2.58. The summed E-state index contributed by atoms with van der Waals surface area (Å²) in [4.78, 5) is 25.8. The van der Waals surface area contributed by atoms with Gasteiger partial charge in [0.1, 0.15) is 18.3 Å². The van der Waals surface area contributed by atoms with Gasteiger partial charge in [-0.2, -0.15) is 0 Å². The summed E-state index contributed by atoms with van der Waals surface area (Å²) in [6.07, 6.45) is -2.33. The summed E-state index contributed by atoms with van der Waals surface area (Å²) in [6.45, 7) is -0.803. The van der Waals surface area contributed by atoms with Gasteiger partial charge in [0, 0.05) is 10.8 Å². The van der Waals surface area contributed by atoms with Crippen molar-refractivity contribution in [2.24, 2.45) is 11.0 Å². The first-order valence-corrected chi connectivity index (χ1v) is 7.32. The molecule has 1 heterocycles. The van der Waals surface area contributed by atoms with Crippen molar-refractivity contribution in [3.63, 3.8) is 0 Å². The summed E-state index contributed by atoms with van der Waals surface area (Å²) < 4.78 is 5.17. The molecule has 11 heteroatoms. The minimum atomic E-state index is -1.71. The van der Waals surface area contributed by atoms with E-state index in [1.165, 1.54) is 0 Å². The van der Waals surface area contributed by atoms with E-state index >= 15 is 0 Å². The number of rotatable bonds is 7. The van der Waals surface area contributed by atoms with Crippen LogP contribution in [0.2, 0.25) is 0 Å². The lowest BCUT2D eigenvalue weighted by atomic mass is 9.92. The zero-order valence-electron chi connectivity index (χ0n) is 12.5. The van der Waals surface area contributed by atoms with Crippen LogP contribution in [-0.2, 0) is 14.3 Å². The summed E-state index contributed by atoms with van der Waals surface area (Å²) in [6, 6.07) is -2.23. The molecule has 5 atom stereocenters. The number of ether oxygens (including phenoxy) is 1. The molecule has 1 aliphatic heterocycles. The van der Waals surface area contributed by atoms with Crippen LogP contribution < -0.4 is 5.32 Å². The first kappa shape index (κ1) is 18.0. The molecule has 0 aromatic heterocycles. The highest BCUT2D eigenvalue weighted by Gasteiger charge is 2.44. The summed E-state index contributed by atoms with van der Waals surface area (Å²) in [5.41, 5.74) is 8.67. The zero-order valence-corrected chi connectivity index (χ0v) is 12.5. The fourth-order valence-corrected chi connectivity index (χ4v) is 2.40. The van der Waals surface area contributed by atoms with Gasteiger partial charge in [-0.25, -0.2) is 4.79 Å². The van der Waals surface area contributed by atoms with Gasteiger partial charge in [0.2, 0.25) is 11.7 Å². The Morgan fingerprint density at radius 3 is 2.62 bits per heavy atom. The number of amides is 1. The number of carboxylic acids is 1. The van der Waals surface area contributed by atoms with Gasteiger partial charge in [-0.15, -0.1) is 0 Å². The van der Waals surface area contributed by atoms with Crippen LogP contribution in [0, 0.1) is 5.92 Å². The second-order valence-corrected chi connectivity index (χ2v) is 5.66. The Bertz CT molecular complexity index is 585. The van der Waals surface area contributed by atoms with Gasteiger partial charge in [0.25, 0.3) is 0 Å². The van der Waals surface area contributed by atoms with Crippen molar-refractivity contribution in [1.29, 1.82) is 0 Å². The molecule has 1 aliphatic carbocycles. The van der Waals surface area contributed by atoms with Gasteiger partial charge in [-0.3, -0.25) is 4.79 Å². The lowest BCUT2D eigenvalue weighted by Gasteiger charge is -2.38. The number of carbonyl (C=O) groups excluding carboxylic acids is 1. The van der Waals surface area contributed by atoms with E-state index < -0.39 is 48.7 Å². The fraction of sp³-hybridized carbons (Fsp3) is 0.692. The largest absolute Gasteiger partial charge is 0.478 e. The molecular weight excluding hydrogens is 324 g/mol. The minimum Gasteiger partial charge on any atom is -0.478 e. The Morgan fingerprint density at radius 1 is 1.46 bits per heavy atom. The molecule has 0 saturated heterocycles. The normalized spacial score (nSPS) is 28.6. The van der Waals surface area contributed by atoms with Crippen molar-refractivity contribution in [2.75, 3.05) is 6.61 Å².